The second-order valence-electron chi connectivity index (χ2n) is 4.18. The smallest absolute Gasteiger partial charge is 0.208 e. The minimum atomic E-state index is -3.01. The molecule has 0 spiro atoms. The molecule has 0 aromatic carbocycles. The van der Waals surface area contributed by atoms with Crippen molar-refractivity contribution in [2.45, 2.75) is 19.3 Å². The van der Waals surface area contributed by atoms with E-state index in [0.29, 0.717) is 6.54 Å². The van der Waals surface area contributed by atoms with Crippen LogP contribution in [0.1, 0.15) is 19.3 Å². The Morgan fingerprint density at radius 2 is 1.88 bits per heavy atom. The molecule has 0 atom stereocenters. The fourth-order valence-corrected chi connectivity index (χ4v) is 2.23. The van der Waals surface area contributed by atoms with Crippen molar-refractivity contribution in [1.29, 1.82) is 0 Å². The molecule has 0 bridgehead atoms. The number of rotatable bonds is 7. The number of nitrogens with zero attached hydrogens (tertiary/aromatic N) is 1. The maximum absolute atomic E-state index is 10.8. The van der Waals surface area contributed by atoms with E-state index in [0.717, 1.165) is 52.1 Å². The zero-order chi connectivity index (χ0) is 11.9. The second kappa shape index (κ2) is 7.21. The SMILES string of the molecule is CS(=O)(=O)NCCCCCN1CCOCC1. The van der Waals surface area contributed by atoms with Gasteiger partial charge in [-0.25, -0.2) is 13.1 Å². The van der Waals surface area contributed by atoms with Crippen molar-refractivity contribution in [3.8, 4) is 0 Å². The zero-order valence-corrected chi connectivity index (χ0v) is 10.8. The lowest BCUT2D eigenvalue weighted by Gasteiger charge is -2.26. The van der Waals surface area contributed by atoms with Crippen LogP contribution in [-0.2, 0) is 14.8 Å². The van der Waals surface area contributed by atoms with E-state index in [9.17, 15) is 8.42 Å². The first-order valence-corrected chi connectivity index (χ1v) is 7.72. The summed E-state index contributed by atoms with van der Waals surface area (Å²) in [6.07, 6.45) is 4.31. The molecule has 0 saturated carbocycles. The normalized spacial score (nSPS) is 18.8. The Labute approximate surface area is 98.2 Å². The van der Waals surface area contributed by atoms with Crippen LogP contribution in [0.3, 0.4) is 0 Å². The molecule has 5 nitrogen and oxygen atoms in total. The van der Waals surface area contributed by atoms with Gasteiger partial charge >= 0.3 is 0 Å². The number of ether oxygens (including phenoxy) is 1. The summed E-state index contributed by atoms with van der Waals surface area (Å²) < 4.78 is 29.3. The summed E-state index contributed by atoms with van der Waals surface area (Å²) in [4.78, 5) is 2.40. The highest BCUT2D eigenvalue weighted by atomic mass is 32.2. The summed E-state index contributed by atoms with van der Waals surface area (Å²) in [6, 6.07) is 0. The Hall–Kier alpha value is -0.170. The van der Waals surface area contributed by atoms with Gasteiger partial charge in [-0.3, -0.25) is 4.90 Å². The molecule has 1 saturated heterocycles. The highest BCUT2D eigenvalue weighted by molar-refractivity contribution is 7.88. The number of sulfonamides is 1. The molecule has 1 aliphatic rings. The van der Waals surface area contributed by atoms with Crippen LogP contribution in [-0.4, -0.2) is 59.0 Å². The summed E-state index contributed by atoms with van der Waals surface area (Å²) in [5.74, 6) is 0. The van der Waals surface area contributed by atoms with Crippen LogP contribution in [0.15, 0.2) is 0 Å². The molecule has 1 aliphatic heterocycles. The zero-order valence-electron chi connectivity index (χ0n) is 9.94. The van der Waals surface area contributed by atoms with Gasteiger partial charge in [0.2, 0.25) is 10.0 Å². The van der Waals surface area contributed by atoms with Crippen molar-refractivity contribution in [3.63, 3.8) is 0 Å². The van der Waals surface area contributed by atoms with Crippen molar-refractivity contribution in [3.05, 3.63) is 0 Å². The van der Waals surface area contributed by atoms with E-state index in [1.807, 2.05) is 0 Å². The molecule has 1 fully saturated rings. The van der Waals surface area contributed by atoms with Gasteiger partial charge in [0.05, 0.1) is 19.5 Å². The highest BCUT2D eigenvalue weighted by Gasteiger charge is 2.08. The average molecular weight is 250 g/mol. The molecule has 6 heteroatoms. The molecule has 0 aromatic rings. The third kappa shape index (κ3) is 7.16. The van der Waals surface area contributed by atoms with Crippen LogP contribution in [0.4, 0.5) is 0 Å². The molecule has 1 rings (SSSR count). The van der Waals surface area contributed by atoms with Crippen LogP contribution in [0, 0.1) is 0 Å². The molecule has 0 aromatic heterocycles. The maximum atomic E-state index is 10.8. The van der Waals surface area contributed by atoms with E-state index in [1.165, 1.54) is 6.26 Å². The molecule has 16 heavy (non-hydrogen) atoms. The first-order chi connectivity index (χ1) is 7.58. The van der Waals surface area contributed by atoms with Crippen LogP contribution >= 0.6 is 0 Å². The Bertz CT molecular complexity index is 274. The molecule has 96 valence electrons. The largest absolute Gasteiger partial charge is 0.379 e. The van der Waals surface area contributed by atoms with Crippen molar-refractivity contribution in [2.75, 3.05) is 45.6 Å². The van der Waals surface area contributed by atoms with E-state index in [4.69, 9.17) is 4.74 Å². The summed E-state index contributed by atoms with van der Waals surface area (Å²) in [6.45, 7) is 5.40. The standard InChI is InChI=1S/C10H22N2O3S/c1-16(13,14)11-5-3-2-4-6-12-7-9-15-10-8-12/h11H,2-10H2,1H3. The Balaban J connectivity index is 1.91. The fourth-order valence-electron chi connectivity index (χ4n) is 1.72. The minimum absolute atomic E-state index is 0.557. The maximum Gasteiger partial charge on any atom is 0.208 e. The lowest BCUT2D eigenvalue weighted by atomic mass is 10.2. The number of morpholine rings is 1. The van der Waals surface area contributed by atoms with Gasteiger partial charge in [-0.2, -0.15) is 0 Å². The summed E-state index contributed by atoms with van der Waals surface area (Å²) in [7, 11) is -3.01. The first-order valence-electron chi connectivity index (χ1n) is 5.83. The highest BCUT2D eigenvalue weighted by Crippen LogP contribution is 2.01. The van der Waals surface area contributed by atoms with Crippen molar-refractivity contribution < 1.29 is 13.2 Å². The van der Waals surface area contributed by atoms with E-state index >= 15 is 0 Å². The second-order valence-corrected chi connectivity index (χ2v) is 6.01. The third-order valence-electron chi connectivity index (χ3n) is 2.62. The molecular formula is C10H22N2O3S. The number of unbranched alkanes of at least 4 members (excludes halogenated alkanes) is 2. The summed E-state index contributed by atoms with van der Waals surface area (Å²) in [5, 5.41) is 0. The molecule has 0 radical (unpaired) electrons. The lowest BCUT2D eigenvalue weighted by Crippen LogP contribution is -2.36. The molecule has 0 aliphatic carbocycles. The molecule has 0 amide bonds. The van der Waals surface area contributed by atoms with Crippen molar-refractivity contribution in [2.24, 2.45) is 0 Å². The third-order valence-corrected chi connectivity index (χ3v) is 3.35. The first kappa shape index (κ1) is 13.9. The lowest BCUT2D eigenvalue weighted by molar-refractivity contribution is 0.0371. The Morgan fingerprint density at radius 3 is 2.50 bits per heavy atom. The quantitative estimate of drug-likeness (QED) is 0.648. The monoisotopic (exact) mass is 250 g/mol. The predicted octanol–water partition coefficient (Wildman–Crippen LogP) is 0.0381. The van der Waals surface area contributed by atoms with Crippen LogP contribution in [0.25, 0.3) is 0 Å². The molecular weight excluding hydrogens is 228 g/mol. The average Bonchev–Trinajstić information content (AvgIpc) is 2.23. The summed E-state index contributed by atoms with van der Waals surface area (Å²) in [5.41, 5.74) is 0. The Kier molecular flexibility index (Phi) is 6.26. The van der Waals surface area contributed by atoms with Gasteiger partial charge in [0.25, 0.3) is 0 Å². The number of hydrogen-bond acceptors (Lipinski definition) is 4. The van der Waals surface area contributed by atoms with Crippen molar-refractivity contribution >= 4 is 10.0 Å². The van der Waals surface area contributed by atoms with Gasteiger partial charge in [0, 0.05) is 19.6 Å². The van der Waals surface area contributed by atoms with Crippen molar-refractivity contribution in [1.82, 2.24) is 9.62 Å². The number of nitrogens with one attached hydrogen (secondary N) is 1. The minimum Gasteiger partial charge on any atom is -0.379 e. The number of hydrogen-bond donors (Lipinski definition) is 1. The summed E-state index contributed by atoms with van der Waals surface area (Å²) >= 11 is 0. The van der Waals surface area contributed by atoms with Crippen LogP contribution in [0.5, 0.6) is 0 Å². The van der Waals surface area contributed by atoms with E-state index in [2.05, 4.69) is 9.62 Å². The Morgan fingerprint density at radius 1 is 1.19 bits per heavy atom. The molecule has 1 heterocycles. The van der Waals surface area contributed by atoms with E-state index in [-0.39, 0.29) is 0 Å². The van der Waals surface area contributed by atoms with Gasteiger partial charge in [-0.1, -0.05) is 6.42 Å². The fraction of sp³-hybridized carbons (Fsp3) is 1.00. The van der Waals surface area contributed by atoms with E-state index < -0.39 is 10.0 Å². The van der Waals surface area contributed by atoms with Gasteiger partial charge < -0.3 is 4.74 Å². The van der Waals surface area contributed by atoms with Crippen LogP contribution in [0.2, 0.25) is 0 Å². The van der Waals surface area contributed by atoms with Gasteiger partial charge in [0.1, 0.15) is 0 Å². The topological polar surface area (TPSA) is 58.6 Å². The molecule has 0 unspecified atom stereocenters. The van der Waals surface area contributed by atoms with Crippen LogP contribution < -0.4 is 4.72 Å². The predicted molar refractivity (Wildman–Crippen MR) is 64.0 cm³/mol. The molecule has 1 N–H and O–H groups in total. The van der Waals surface area contributed by atoms with Gasteiger partial charge in [-0.15, -0.1) is 0 Å². The van der Waals surface area contributed by atoms with Gasteiger partial charge in [0.15, 0.2) is 0 Å². The van der Waals surface area contributed by atoms with Gasteiger partial charge in [-0.05, 0) is 19.4 Å². The van der Waals surface area contributed by atoms with E-state index in [1.54, 1.807) is 0 Å².